The number of aromatic nitrogens is 2. The van der Waals surface area contributed by atoms with Crippen molar-refractivity contribution in [2.24, 2.45) is 0 Å². The molecule has 0 radical (unpaired) electrons. The maximum Gasteiger partial charge on any atom is 0.255 e. The quantitative estimate of drug-likeness (QED) is 0.894. The number of benzene rings is 1. The predicted octanol–water partition coefficient (Wildman–Crippen LogP) is 3.48. The van der Waals surface area contributed by atoms with Crippen LogP contribution >= 0.6 is 0 Å². The van der Waals surface area contributed by atoms with Crippen LogP contribution in [0.2, 0.25) is 0 Å². The molecule has 5 heteroatoms. The number of carbonyl (C=O) groups excluding carboxylic acids is 1. The molecule has 0 atom stereocenters. The topological polar surface area (TPSA) is 50.2 Å². The minimum Gasteiger partial charge on any atom is -0.350 e. The van der Waals surface area contributed by atoms with Gasteiger partial charge in [-0.3, -0.25) is 4.79 Å². The first-order valence-electron chi connectivity index (χ1n) is 9.52. The Morgan fingerprint density at radius 1 is 1.15 bits per heavy atom. The molecule has 1 aliphatic rings. The van der Waals surface area contributed by atoms with E-state index in [2.05, 4.69) is 29.4 Å². The molecule has 0 aliphatic heterocycles. The molecule has 0 saturated heterocycles. The summed E-state index contributed by atoms with van der Waals surface area (Å²) in [6, 6.07) is 9.95. The average molecular weight is 354 g/mol. The average Bonchev–Trinajstić information content (AvgIpc) is 2.95. The smallest absolute Gasteiger partial charge is 0.255 e. The van der Waals surface area contributed by atoms with E-state index in [9.17, 15) is 4.79 Å². The molecule has 1 amide bonds. The number of amides is 1. The molecule has 1 saturated carbocycles. The van der Waals surface area contributed by atoms with Crippen LogP contribution < -0.4 is 5.32 Å². The Bertz CT molecular complexity index is 758. The van der Waals surface area contributed by atoms with E-state index < -0.39 is 0 Å². The molecule has 1 fully saturated rings. The number of hydrogen-bond donors (Lipinski definition) is 1. The van der Waals surface area contributed by atoms with Crippen LogP contribution in [0.25, 0.3) is 5.69 Å². The van der Waals surface area contributed by atoms with Crippen LogP contribution in [0.15, 0.2) is 30.3 Å². The summed E-state index contributed by atoms with van der Waals surface area (Å²) in [7, 11) is 4.25. The van der Waals surface area contributed by atoms with Gasteiger partial charge < -0.3 is 10.2 Å². The lowest BCUT2D eigenvalue weighted by Gasteiger charge is -2.43. The number of rotatable bonds is 5. The minimum absolute atomic E-state index is 0.0195. The van der Waals surface area contributed by atoms with Crippen molar-refractivity contribution in [3.63, 3.8) is 0 Å². The standard InChI is InChI=1S/C21H30N4O/c1-16-19(17(2)25(23-16)18-11-7-5-8-12-18)20(26)22-15-21(24(3)4)13-9-6-10-14-21/h5,7-8,11-12H,6,9-10,13-15H2,1-4H3,(H,22,26). The van der Waals surface area contributed by atoms with Gasteiger partial charge in [0.15, 0.2) is 0 Å². The highest BCUT2D eigenvalue weighted by Gasteiger charge is 2.35. The van der Waals surface area contributed by atoms with Crippen LogP contribution in [0.4, 0.5) is 0 Å². The third kappa shape index (κ3) is 3.54. The highest BCUT2D eigenvalue weighted by atomic mass is 16.1. The molecule has 3 rings (SSSR count). The number of carbonyl (C=O) groups is 1. The Kier molecular flexibility index (Phi) is 5.47. The van der Waals surface area contributed by atoms with Gasteiger partial charge in [-0.25, -0.2) is 4.68 Å². The normalized spacial score (nSPS) is 16.7. The van der Waals surface area contributed by atoms with Crippen molar-refractivity contribution in [3.05, 3.63) is 47.3 Å². The monoisotopic (exact) mass is 354 g/mol. The van der Waals surface area contributed by atoms with Crippen molar-refractivity contribution in [2.75, 3.05) is 20.6 Å². The summed E-state index contributed by atoms with van der Waals surface area (Å²) in [5.41, 5.74) is 3.40. The van der Waals surface area contributed by atoms with E-state index in [0.717, 1.165) is 29.9 Å². The second-order valence-electron chi connectivity index (χ2n) is 7.66. The SMILES string of the molecule is Cc1nn(-c2ccccc2)c(C)c1C(=O)NCC1(N(C)C)CCCCC1. The maximum atomic E-state index is 13.0. The van der Waals surface area contributed by atoms with Gasteiger partial charge >= 0.3 is 0 Å². The van der Waals surface area contributed by atoms with Gasteiger partial charge in [-0.2, -0.15) is 5.10 Å². The van der Waals surface area contributed by atoms with Crippen LogP contribution in [0, 0.1) is 13.8 Å². The molecule has 5 nitrogen and oxygen atoms in total. The predicted molar refractivity (Wildman–Crippen MR) is 105 cm³/mol. The van der Waals surface area contributed by atoms with E-state index in [0.29, 0.717) is 12.1 Å². The van der Waals surface area contributed by atoms with E-state index in [1.54, 1.807) is 0 Å². The zero-order valence-electron chi connectivity index (χ0n) is 16.4. The van der Waals surface area contributed by atoms with Crippen molar-refractivity contribution >= 4 is 5.91 Å². The number of aryl methyl sites for hydroxylation is 1. The fourth-order valence-corrected chi connectivity index (χ4v) is 4.12. The van der Waals surface area contributed by atoms with Gasteiger partial charge in [0, 0.05) is 12.1 Å². The van der Waals surface area contributed by atoms with Crippen molar-refractivity contribution in [2.45, 2.75) is 51.5 Å². The molecule has 26 heavy (non-hydrogen) atoms. The number of likely N-dealkylation sites (N-methyl/N-ethyl adjacent to an activating group) is 1. The largest absolute Gasteiger partial charge is 0.350 e. The maximum absolute atomic E-state index is 13.0. The molecular weight excluding hydrogens is 324 g/mol. The molecule has 1 heterocycles. The van der Waals surface area contributed by atoms with Gasteiger partial charge in [-0.15, -0.1) is 0 Å². The van der Waals surface area contributed by atoms with Crippen LogP contribution in [-0.4, -0.2) is 46.8 Å². The van der Waals surface area contributed by atoms with E-state index in [1.165, 1.54) is 19.3 Å². The molecule has 1 aliphatic carbocycles. The number of nitrogens with zero attached hydrogens (tertiary/aromatic N) is 3. The van der Waals surface area contributed by atoms with Crippen LogP contribution in [0.5, 0.6) is 0 Å². The third-order valence-electron chi connectivity index (χ3n) is 5.83. The third-order valence-corrected chi connectivity index (χ3v) is 5.83. The molecular formula is C21H30N4O. The highest BCUT2D eigenvalue weighted by Crippen LogP contribution is 2.31. The lowest BCUT2D eigenvalue weighted by molar-refractivity contribution is 0.0798. The van der Waals surface area contributed by atoms with Gasteiger partial charge in [-0.1, -0.05) is 37.5 Å². The fraction of sp³-hybridized carbons (Fsp3) is 0.524. The molecule has 0 unspecified atom stereocenters. The molecule has 0 bridgehead atoms. The summed E-state index contributed by atoms with van der Waals surface area (Å²) < 4.78 is 1.85. The van der Waals surface area contributed by atoms with Crippen LogP contribution in [0.1, 0.15) is 53.8 Å². The zero-order valence-corrected chi connectivity index (χ0v) is 16.4. The Labute approximate surface area is 156 Å². The summed E-state index contributed by atoms with van der Waals surface area (Å²) in [6.07, 6.45) is 6.05. The summed E-state index contributed by atoms with van der Waals surface area (Å²) in [5, 5.41) is 7.80. The first-order chi connectivity index (χ1) is 12.4. The number of para-hydroxylation sites is 1. The summed E-state index contributed by atoms with van der Waals surface area (Å²) in [6.45, 7) is 4.56. The Morgan fingerprint density at radius 2 is 1.81 bits per heavy atom. The van der Waals surface area contributed by atoms with Crippen molar-refractivity contribution in [1.29, 1.82) is 0 Å². The minimum atomic E-state index is -0.0195. The molecule has 0 spiro atoms. The molecule has 1 N–H and O–H groups in total. The molecule has 2 aromatic rings. The van der Waals surface area contributed by atoms with E-state index in [1.807, 2.05) is 48.9 Å². The second kappa shape index (κ2) is 7.62. The van der Waals surface area contributed by atoms with Crippen molar-refractivity contribution in [1.82, 2.24) is 20.0 Å². The van der Waals surface area contributed by atoms with E-state index in [4.69, 9.17) is 0 Å². The first kappa shape index (κ1) is 18.6. The summed E-state index contributed by atoms with van der Waals surface area (Å²) in [5.74, 6) is -0.0195. The van der Waals surface area contributed by atoms with Crippen LogP contribution in [0.3, 0.4) is 0 Å². The first-order valence-corrected chi connectivity index (χ1v) is 9.52. The molecule has 140 valence electrons. The number of hydrogen-bond acceptors (Lipinski definition) is 3. The fourth-order valence-electron chi connectivity index (χ4n) is 4.12. The summed E-state index contributed by atoms with van der Waals surface area (Å²) >= 11 is 0. The lowest BCUT2D eigenvalue weighted by atomic mass is 9.80. The van der Waals surface area contributed by atoms with E-state index >= 15 is 0 Å². The Morgan fingerprint density at radius 3 is 2.42 bits per heavy atom. The van der Waals surface area contributed by atoms with Crippen molar-refractivity contribution in [3.8, 4) is 5.69 Å². The van der Waals surface area contributed by atoms with Gasteiger partial charge in [0.2, 0.25) is 0 Å². The van der Waals surface area contributed by atoms with Gasteiger partial charge in [0.05, 0.1) is 22.6 Å². The van der Waals surface area contributed by atoms with Gasteiger partial charge in [0.1, 0.15) is 0 Å². The zero-order chi connectivity index (χ0) is 18.7. The lowest BCUT2D eigenvalue weighted by Crippen LogP contribution is -2.53. The second-order valence-corrected chi connectivity index (χ2v) is 7.66. The highest BCUT2D eigenvalue weighted by molar-refractivity contribution is 5.96. The van der Waals surface area contributed by atoms with Crippen molar-refractivity contribution < 1.29 is 4.79 Å². The van der Waals surface area contributed by atoms with Gasteiger partial charge in [0.25, 0.3) is 5.91 Å². The Balaban J connectivity index is 1.79. The number of nitrogens with one attached hydrogen (secondary N) is 1. The van der Waals surface area contributed by atoms with E-state index in [-0.39, 0.29) is 11.4 Å². The van der Waals surface area contributed by atoms with Crippen LogP contribution in [-0.2, 0) is 0 Å². The Hall–Kier alpha value is -2.14. The van der Waals surface area contributed by atoms with Gasteiger partial charge in [-0.05, 0) is 52.9 Å². The summed E-state index contributed by atoms with van der Waals surface area (Å²) in [4.78, 5) is 15.2. The molecule has 1 aromatic heterocycles. The molecule has 1 aromatic carbocycles.